The van der Waals surface area contributed by atoms with Gasteiger partial charge in [0.2, 0.25) is 5.91 Å². The van der Waals surface area contributed by atoms with Crippen LogP contribution in [0, 0.1) is 0 Å². The SMILES string of the molecule is O=C(C[C@H](CN1CCC(F)(F)C1)NC(=O)c1cc(-c2ccccc2C(F)(F)F)n(C2CCCC2)n1)NC1CCC1. The standard InChI is InChI=1S/C28H34F5N5O2/c29-27(30)12-13-37(17-27)16-19(14-25(39)34-18-6-5-7-18)35-26(40)23-15-24(38(36-23)20-8-1-2-9-20)21-10-3-4-11-22(21)28(31,32)33/h3-4,10-11,15,18-20H,1-2,5-9,12-14,16-17H2,(H,34,39)(H,35,40)/t19-/m1/s1. The third-order valence-electron chi connectivity index (χ3n) is 8.11. The van der Waals surface area contributed by atoms with Gasteiger partial charge in [0, 0.05) is 37.5 Å². The van der Waals surface area contributed by atoms with Gasteiger partial charge >= 0.3 is 6.18 Å². The molecule has 0 bridgehead atoms. The zero-order valence-corrected chi connectivity index (χ0v) is 22.2. The lowest BCUT2D eigenvalue weighted by molar-refractivity contribution is -0.137. The number of nitrogens with one attached hydrogen (secondary N) is 2. The van der Waals surface area contributed by atoms with Crippen molar-refractivity contribution in [1.82, 2.24) is 25.3 Å². The average molecular weight is 568 g/mol. The molecule has 5 rings (SSSR count). The summed E-state index contributed by atoms with van der Waals surface area (Å²) in [6.07, 6.45) is 1.07. The Kier molecular flexibility index (Phi) is 8.17. The normalized spacial score (nSPS) is 20.8. The van der Waals surface area contributed by atoms with Gasteiger partial charge in [0.25, 0.3) is 11.8 Å². The molecule has 2 N–H and O–H groups in total. The minimum atomic E-state index is -4.60. The Labute approximate surface area is 229 Å². The summed E-state index contributed by atoms with van der Waals surface area (Å²) in [5, 5.41) is 10.1. The molecule has 2 saturated carbocycles. The van der Waals surface area contributed by atoms with Gasteiger partial charge in [-0.05, 0) is 44.2 Å². The van der Waals surface area contributed by atoms with Gasteiger partial charge in [0.15, 0.2) is 5.69 Å². The highest BCUT2D eigenvalue weighted by atomic mass is 19.4. The molecular formula is C28H34F5N5O2. The maximum Gasteiger partial charge on any atom is 0.417 e. The number of nitrogens with zero attached hydrogens (tertiary/aromatic N) is 3. The summed E-state index contributed by atoms with van der Waals surface area (Å²) in [5.74, 6) is -3.77. The predicted octanol–water partition coefficient (Wildman–Crippen LogP) is 5.18. The number of carbonyl (C=O) groups is 2. The minimum absolute atomic E-state index is 0.0481. The molecule has 2 amide bonds. The highest BCUT2D eigenvalue weighted by Crippen LogP contribution is 2.40. The number of carbonyl (C=O) groups excluding carboxylic acids is 2. The van der Waals surface area contributed by atoms with Crippen LogP contribution >= 0.6 is 0 Å². The van der Waals surface area contributed by atoms with Gasteiger partial charge in [-0.15, -0.1) is 0 Å². The maximum atomic E-state index is 13.9. The van der Waals surface area contributed by atoms with Crippen LogP contribution < -0.4 is 10.6 Å². The van der Waals surface area contributed by atoms with Gasteiger partial charge in [0.05, 0.1) is 29.9 Å². The molecule has 2 aromatic rings. The monoisotopic (exact) mass is 567 g/mol. The molecule has 2 aliphatic carbocycles. The van der Waals surface area contributed by atoms with E-state index in [-0.39, 0.29) is 60.9 Å². The molecule has 3 fully saturated rings. The van der Waals surface area contributed by atoms with E-state index < -0.39 is 36.2 Å². The van der Waals surface area contributed by atoms with E-state index >= 15 is 0 Å². The number of aromatic nitrogens is 2. The molecule has 1 saturated heterocycles. The van der Waals surface area contributed by atoms with Gasteiger partial charge in [-0.2, -0.15) is 18.3 Å². The quantitative estimate of drug-likeness (QED) is 0.410. The maximum absolute atomic E-state index is 13.9. The van der Waals surface area contributed by atoms with Crippen molar-refractivity contribution in [3.05, 3.63) is 41.6 Å². The second kappa shape index (κ2) is 11.5. The van der Waals surface area contributed by atoms with E-state index in [0.717, 1.165) is 51.0 Å². The Bertz CT molecular complexity index is 1220. The van der Waals surface area contributed by atoms with E-state index in [9.17, 15) is 31.5 Å². The molecule has 0 spiro atoms. The van der Waals surface area contributed by atoms with Crippen LogP contribution in [0.1, 0.15) is 79.9 Å². The Morgan fingerprint density at radius 2 is 1.80 bits per heavy atom. The first kappa shape index (κ1) is 28.5. The van der Waals surface area contributed by atoms with E-state index in [0.29, 0.717) is 0 Å². The Hall–Kier alpha value is -3.02. The highest BCUT2D eigenvalue weighted by molar-refractivity contribution is 5.94. The van der Waals surface area contributed by atoms with E-state index in [1.807, 2.05) is 0 Å². The number of halogens is 5. The molecule has 218 valence electrons. The molecule has 0 unspecified atom stereocenters. The van der Waals surface area contributed by atoms with Crippen LogP contribution in [0.5, 0.6) is 0 Å². The summed E-state index contributed by atoms with van der Waals surface area (Å²) in [6.45, 7) is -0.275. The Balaban J connectivity index is 1.40. The molecule has 40 heavy (non-hydrogen) atoms. The first-order valence-electron chi connectivity index (χ1n) is 13.9. The number of likely N-dealkylation sites (tertiary alicyclic amines) is 1. The second-order valence-electron chi connectivity index (χ2n) is 11.3. The van der Waals surface area contributed by atoms with Crippen LogP contribution in [0.25, 0.3) is 11.3 Å². The van der Waals surface area contributed by atoms with Crippen LogP contribution in [-0.2, 0) is 11.0 Å². The fourth-order valence-corrected chi connectivity index (χ4v) is 5.85. The predicted molar refractivity (Wildman–Crippen MR) is 138 cm³/mol. The third kappa shape index (κ3) is 6.64. The molecule has 1 atom stereocenters. The molecule has 1 aliphatic heterocycles. The summed E-state index contributed by atoms with van der Waals surface area (Å²) in [7, 11) is 0. The van der Waals surface area contributed by atoms with Crippen molar-refractivity contribution < 1.29 is 31.5 Å². The van der Waals surface area contributed by atoms with Gasteiger partial charge in [0.1, 0.15) is 0 Å². The summed E-state index contributed by atoms with van der Waals surface area (Å²) in [4.78, 5) is 27.6. The summed E-state index contributed by atoms with van der Waals surface area (Å²) >= 11 is 0. The van der Waals surface area contributed by atoms with Crippen molar-refractivity contribution in [1.29, 1.82) is 0 Å². The zero-order chi connectivity index (χ0) is 28.5. The molecular weight excluding hydrogens is 533 g/mol. The largest absolute Gasteiger partial charge is 0.417 e. The van der Waals surface area contributed by atoms with Crippen molar-refractivity contribution in [3.8, 4) is 11.3 Å². The number of rotatable bonds is 9. The van der Waals surface area contributed by atoms with Crippen LogP contribution in [-0.4, -0.2) is 64.1 Å². The van der Waals surface area contributed by atoms with E-state index in [1.165, 1.54) is 33.8 Å². The lowest BCUT2D eigenvalue weighted by atomic mass is 9.93. The first-order chi connectivity index (χ1) is 19.0. The van der Waals surface area contributed by atoms with Crippen LogP contribution in [0.4, 0.5) is 22.0 Å². The number of amides is 2. The van der Waals surface area contributed by atoms with Crippen LogP contribution in [0.2, 0.25) is 0 Å². The van der Waals surface area contributed by atoms with Gasteiger partial charge in [-0.3, -0.25) is 19.2 Å². The Morgan fingerprint density at radius 1 is 1.07 bits per heavy atom. The topological polar surface area (TPSA) is 79.3 Å². The molecule has 12 heteroatoms. The van der Waals surface area contributed by atoms with Crippen molar-refractivity contribution in [2.75, 3.05) is 19.6 Å². The van der Waals surface area contributed by atoms with Crippen molar-refractivity contribution in [3.63, 3.8) is 0 Å². The van der Waals surface area contributed by atoms with Gasteiger partial charge in [-0.25, -0.2) is 8.78 Å². The molecule has 7 nitrogen and oxygen atoms in total. The smallest absolute Gasteiger partial charge is 0.353 e. The number of benzene rings is 1. The van der Waals surface area contributed by atoms with Gasteiger partial charge < -0.3 is 10.6 Å². The number of hydrogen-bond acceptors (Lipinski definition) is 4. The van der Waals surface area contributed by atoms with Gasteiger partial charge in [-0.1, -0.05) is 31.0 Å². The van der Waals surface area contributed by atoms with Crippen LogP contribution in [0.3, 0.4) is 0 Å². The number of hydrogen-bond donors (Lipinski definition) is 2. The third-order valence-corrected chi connectivity index (χ3v) is 8.11. The van der Waals surface area contributed by atoms with E-state index in [2.05, 4.69) is 15.7 Å². The molecule has 1 aromatic carbocycles. The fraction of sp³-hybridized carbons (Fsp3) is 0.607. The molecule has 1 aromatic heterocycles. The lowest BCUT2D eigenvalue weighted by Gasteiger charge is -2.28. The molecule has 2 heterocycles. The molecule has 0 radical (unpaired) electrons. The lowest BCUT2D eigenvalue weighted by Crippen LogP contribution is -2.48. The summed E-state index contributed by atoms with van der Waals surface area (Å²) in [5.41, 5.74) is -0.760. The van der Waals surface area contributed by atoms with Crippen molar-refractivity contribution >= 4 is 11.8 Å². The number of alkyl halides is 5. The second-order valence-corrected chi connectivity index (χ2v) is 11.3. The summed E-state index contributed by atoms with van der Waals surface area (Å²) in [6, 6.07) is 5.72. The van der Waals surface area contributed by atoms with E-state index in [1.54, 1.807) is 0 Å². The average Bonchev–Trinajstić information content (AvgIpc) is 3.60. The first-order valence-corrected chi connectivity index (χ1v) is 13.9. The van der Waals surface area contributed by atoms with Crippen LogP contribution in [0.15, 0.2) is 30.3 Å². The van der Waals surface area contributed by atoms with Crippen molar-refractivity contribution in [2.24, 2.45) is 0 Å². The minimum Gasteiger partial charge on any atom is -0.353 e. The molecule has 3 aliphatic rings. The summed E-state index contributed by atoms with van der Waals surface area (Å²) < 4.78 is 70.8. The fourth-order valence-electron chi connectivity index (χ4n) is 5.85. The van der Waals surface area contributed by atoms with E-state index in [4.69, 9.17) is 0 Å². The zero-order valence-electron chi connectivity index (χ0n) is 22.2. The highest BCUT2D eigenvalue weighted by Gasteiger charge is 2.39. The van der Waals surface area contributed by atoms with Crippen molar-refractivity contribution in [2.45, 2.75) is 88.0 Å². The Morgan fingerprint density at radius 3 is 2.42 bits per heavy atom.